The Bertz CT molecular complexity index is 1440. The molecule has 4 aromatic rings. The summed E-state index contributed by atoms with van der Waals surface area (Å²) in [7, 11) is 1.54. The van der Waals surface area contributed by atoms with Gasteiger partial charge in [-0.05, 0) is 32.0 Å². The molecular weight excluding hydrogens is 428 g/mol. The Morgan fingerprint density at radius 2 is 1.97 bits per heavy atom. The van der Waals surface area contributed by atoms with Crippen molar-refractivity contribution < 1.29 is 18.9 Å². The maximum atomic E-state index is 12.9. The molecule has 33 heavy (non-hydrogen) atoms. The molecule has 1 N–H and O–H groups in total. The van der Waals surface area contributed by atoms with Gasteiger partial charge in [0.05, 0.1) is 18.1 Å². The summed E-state index contributed by atoms with van der Waals surface area (Å²) in [5.41, 5.74) is -0.150. The number of nitrogens with one attached hydrogen (secondary N) is 1. The maximum Gasteiger partial charge on any atom is 0.294 e. The molecule has 0 spiro atoms. The molecule has 2 heterocycles. The van der Waals surface area contributed by atoms with Crippen LogP contribution in [-0.2, 0) is 0 Å². The summed E-state index contributed by atoms with van der Waals surface area (Å²) in [5, 5.41) is 19.1. The summed E-state index contributed by atoms with van der Waals surface area (Å²) < 4.78 is 12.4. The summed E-state index contributed by atoms with van der Waals surface area (Å²) in [4.78, 5) is 36.3. The van der Waals surface area contributed by atoms with Crippen molar-refractivity contribution in [1.82, 2.24) is 15.1 Å². The number of hydrogen-bond donors (Lipinski definition) is 1. The van der Waals surface area contributed by atoms with Gasteiger partial charge in [0.15, 0.2) is 17.0 Å². The lowest BCUT2D eigenvalue weighted by Gasteiger charge is -2.13. The standard InChI is InChI=1S/C23H20N4O6/c1-13-11-18(28)21(25-26(13)16-8-4-5-9-17(16)27(30)31)23(29)24-14(2)20-12-15-7-6-10-19(32-3)22(15)33-20/h4-12,14H,1-3H3,(H,24,29). The predicted molar refractivity (Wildman–Crippen MR) is 120 cm³/mol. The molecule has 0 radical (unpaired) electrons. The number of para-hydroxylation sites is 3. The van der Waals surface area contributed by atoms with E-state index in [1.54, 1.807) is 32.0 Å². The Hall–Kier alpha value is -4.47. The minimum atomic E-state index is -0.729. The number of hydrogen-bond acceptors (Lipinski definition) is 7. The number of amides is 1. The first-order chi connectivity index (χ1) is 15.8. The van der Waals surface area contributed by atoms with Crippen molar-refractivity contribution in [1.29, 1.82) is 0 Å². The summed E-state index contributed by atoms with van der Waals surface area (Å²) in [5.74, 6) is 0.297. The van der Waals surface area contributed by atoms with Crippen molar-refractivity contribution in [2.75, 3.05) is 7.11 Å². The number of furan rings is 1. The first-order valence-electron chi connectivity index (χ1n) is 10.0. The lowest BCUT2D eigenvalue weighted by molar-refractivity contribution is -0.384. The van der Waals surface area contributed by atoms with Gasteiger partial charge >= 0.3 is 0 Å². The number of aryl methyl sites for hydroxylation is 1. The van der Waals surface area contributed by atoms with Crippen molar-refractivity contribution in [2.24, 2.45) is 0 Å². The first-order valence-corrected chi connectivity index (χ1v) is 10.0. The zero-order valence-corrected chi connectivity index (χ0v) is 18.1. The molecule has 2 aromatic heterocycles. The van der Waals surface area contributed by atoms with E-state index in [4.69, 9.17) is 9.15 Å². The highest BCUT2D eigenvalue weighted by molar-refractivity contribution is 5.92. The molecular formula is C23H20N4O6. The van der Waals surface area contributed by atoms with Gasteiger partial charge in [0.2, 0.25) is 5.43 Å². The molecule has 10 nitrogen and oxygen atoms in total. The number of ether oxygens (including phenoxy) is 1. The predicted octanol–water partition coefficient (Wildman–Crippen LogP) is 3.69. The molecule has 0 aliphatic heterocycles. The van der Waals surface area contributed by atoms with Crippen LogP contribution < -0.4 is 15.5 Å². The molecule has 1 unspecified atom stereocenters. The zero-order valence-electron chi connectivity index (χ0n) is 18.1. The lowest BCUT2D eigenvalue weighted by atomic mass is 10.2. The third-order valence-corrected chi connectivity index (χ3v) is 5.15. The summed E-state index contributed by atoms with van der Waals surface area (Å²) in [6, 6.07) is 13.8. The summed E-state index contributed by atoms with van der Waals surface area (Å²) in [6.07, 6.45) is 0. The fourth-order valence-electron chi connectivity index (χ4n) is 3.51. The third kappa shape index (κ3) is 4.05. The molecule has 0 fully saturated rings. The number of fused-ring (bicyclic) bond motifs is 1. The molecule has 1 atom stereocenters. The van der Waals surface area contributed by atoms with Gasteiger partial charge in [0.1, 0.15) is 11.4 Å². The Morgan fingerprint density at radius 3 is 2.70 bits per heavy atom. The van der Waals surface area contributed by atoms with Crippen LogP contribution in [0.25, 0.3) is 16.7 Å². The van der Waals surface area contributed by atoms with Crippen molar-refractivity contribution in [3.05, 3.63) is 92.1 Å². The average molecular weight is 448 g/mol. The van der Waals surface area contributed by atoms with Crippen LogP contribution in [0, 0.1) is 17.0 Å². The van der Waals surface area contributed by atoms with E-state index in [9.17, 15) is 19.7 Å². The molecule has 0 saturated heterocycles. The minimum absolute atomic E-state index is 0.145. The van der Waals surface area contributed by atoms with Crippen LogP contribution in [0.2, 0.25) is 0 Å². The van der Waals surface area contributed by atoms with Gasteiger partial charge in [0, 0.05) is 23.2 Å². The maximum absolute atomic E-state index is 12.9. The normalized spacial score (nSPS) is 11.8. The monoisotopic (exact) mass is 448 g/mol. The second-order valence-corrected chi connectivity index (χ2v) is 7.38. The van der Waals surface area contributed by atoms with Gasteiger partial charge in [-0.15, -0.1) is 0 Å². The Morgan fingerprint density at radius 1 is 1.21 bits per heavy atom. The Balaban J connectivity index is 1.67. The van der Waals surface area contributed by atoms with Crippen LogP contribution in [0.4, 0.5) is 5.69 Å². The average Bonchev–Trinajstić information content (AvgIpc) is 3.24. The molecule has 4 rings (SSSR count). The van der Waals surface area contributed by atoms with Crippen molar-refractivity contribution >= 4 is 22.6 Å². The van der Waals surface area contributed by atoms with E-state index in [0.717, 1.165) is 5.39 Å². The number of rotatable bonds is 6. The number of nitro benzene ring substituents is 1. The van der Waals surface area contributed by atoms with E-state index in [1.807, 2.05) is 12.1 Å². The lowest BCUT2D eigenvalue weighted by Crippen LogP contribution is -2.33. The van der Waals surface area contributed by atoms with Crippen molar-refractivity contribution in [3.63, 3.8) is 0 Å². The largest absolute Gasteiger partial charge is 0.493 e. The molecule has 0 aliphatic rings. The second-order valence-electron chi connectivity index (χ2n) is 7.38. The molecule has 1 amide bonds. The molecule has 0 bridgehead atoms. The van der Waals surface area contributed by atoms with Gasteiger partial charge in [-0.3, -0.25) is 19.7 Å². The smallest absolute Gasteiger partial charge is 0.294 e. The van der Waals surface area contributed by atoms with E-state index < -0.39 is 22.3 Å². The van der Waals surface area contributed by atoms with Crippen LogP contribution in [0.15, 0.2) is 63.8 Å². The van der Waals surface area contributed by atoms with Crippen molar-refractivity contribution in [2.45, 2.75) is 19.9 Å². The first kappa shape index (κ1) is 21.8. The number of methoxy groups -OCH3 is 1. The van der Waals surface area contributed by atoms with Crippen molar-refractivity contribution in [3.8, 4) is 11.4 Å². The van der Waals surface area contributed by atoms with Crippen LogP contribution in [0.1, 0.15) is 34.9 Å². The number of nitro groups is 1. The highest BCUT2D eigenvalue weighted by Gasteiger charge is 2.22. The Labute approximate surface area is 187 Å². The van der Waals surface area contributed by atoms with E-state index in [2.05, 4.69) is 10.4 Å². The summed E-state index contributed by atoms with van der Waals surface area (Å²) >= 11 is 0. The number of nitrogens with zero attached hydrogens (tertiary/aromatic N) is 3. The highest BCUT2D eigenvalue weighted by atomic mass is 16.6. The molecule has 0 aliphatic carbocycles. The minimum Gasteiger partial charge on any atom is -0.493 e. The van der Waals surface area contributed by atoms with Gasteiger partial charge in [-0.25, -0.2) is 4.68 Å². The number of benzene rings is 2. The van der Waals surface area contributed by atoms with E-state index in [1.165, 1.54) is 36.1 Å². The SMILES string of the molecule is COc1cccc2cc(C(C)NC(=O)c3nn(-c4ccccc4[N+](=O)[O-])c(C)cc3=O)oc12. The van der Waals surface area contributed by atoms with Gasteiger partial charge in [-0.2, -0.15) is 5.10 Å². The van der Waals surface area contributed by atoms with E-state index in [-0.39, 0.29) is 17.1 Å². The molecule has 10 heteroatoms. The van der Waals surface area contributed by atoms with Crippen LogP contribution >= 0.6 is 0 Å². The van der Waals surface area contributed by atoms with Crippen LogP contribution in [-0.4, -0.2) is 27.7 Å². The fraction of sp³-hybridized carbons (Fsp3) is 0.174. The van der Waals surface area contributed by atoms with Crippen LogP contribution in [0.5, 0.6) is 5.75 Å². The molecule has 2 aromatic carbocycles. The third-order valence-electron chi connectivity index (χ3n) is 5.15. The summed E-state index contributed by atoms with van der Waals surface area (Å²) in [6.45, 7) is 3.29. The molecule has 0 saturated carbocycles. The molecule has 168 valence electrons. The quantitative estimate of drug-likeness (QED) is 0.352. The van der Waals surface area contributed by atoms with Gasteiger partial charge in [0.25, 0.3) is 11.6 Å². The van der Waals surface area contributed by atoms with E-state index >= 15 is 0 Å². The fourth-order valence-corrected chi connectivity index (χ4v) is 3.51. The topological polar surface area (TPSA) is 130 Å². The highest BCUT2D eigenvalue weighted by Crippen LogP contribution is 2.31. The zero-order chi connectivity index (χ0) is 23.7. The van der Waals surface area contributed by atoms with Crippen LogP contribution in [0.3, 0.4) is 0 Å². The number of carbonyl (C=O) groups is 1. The number of carbonyl (C=O) groups excluding carboxylic acids is 1. The van der Waals surface area contributed by atoms with Gasteiger partial charge < -0.3 is 14.5 Å². The number of aromatic nitrogens is 2. The second kappa shape index (κ2) is 8.58. The Kier molecular flexibility index (Phi) is 5.65. The van der Waals surface area contributed by atoms with Gasteiger partial charge in [-0.1, -0.05) is 24.3 Å². The van der Waals surface area contributed by atoms with E-state index in [0.29, 0.717) is 22.8 Å².